The number of benzene rings is 1. The molecule has 1 atom stereocenters. The van der Waals surface area contributed by atoms with Crippen LogP contribution in [0.15, 0.2) is 18.2 Å². The van der Waals surface area contributed by atoms with Crippen molar-refractivity contribution in [2.45, 2.75) is 52.7 Å². The van der Waals surface area contributed by atoms with E-state index in [0.29, 0.717) is 5.56 Å². The molecule has 0 bridgehead atoms. The summed E-state index contributed by atoms with van der Waals surface area (Å²) in [5.74, 6) is -0.0325. The molecule has 5 nitrogen and oxygen atoms in total. The van der Waals surface area contributed by atoms with Crippen LogP contribution in [0.5, 0.6) is 0 Å². The average Bonchev–Trinajstić information content (AvgIpc) is 2.35. The Kier molecular flexibility index (Phi) is 6.76. The minimum Gasteiger partial charge on any atom is -0.444 e. The van der Waals surface area contributed by atoms with Gasteiger partial charge in [0, 0.05) is 19.1 Å². The number of ketones is 1. The molecule has 0 saturated carbocycles. The van der Waals surface area contributed by atoms with Crippen LogP contribution in [0.25, 0.3) is 0 Å². The summed E-state index contributed by atoms with van der Waals surface area (Å²) in [6.45, 7) is 9.52. The average molecular weight is 321 g/mol. The summed E-state index contributed by atoms with van der Waals surface area (Å²) in [5.41, 5.74) is 2.14. The molecular formula is C18H27NO4. The van der Waals surface area contributed by atoms with Crippen LogP contribution in [0.1, 0.15) is 48.7 Å². The van der Waals surface area contributed by atoms with Crippen LogP contribution in [-0.4, -0.2) is 37.2 Å². The number of carbonyl (C=O) groups excluding carboxylic acids is 2. The number of methoxy groups -OCH3 is 1. The molecule has 1 aromatic carbocycles. The van der Waals surface area contributed by atoms with Crippen molar-refractivity contribution in [1.82, 2.24) is 5.32 Å². The zero-order chi connectivity index (χ0) is 17.6. The number of ether oxygens (including phenoxy) is 2. The Hall–Kier alpha value is -1.88. The Labute approximate surface area is 138 Å². The third kappa shape index (κ3) is 7.28. The highest BCUT2D eigenvalue weighted by Gasteiger charge is 2.22. The van der Waals surface area contributed by atoms with Crippen LogP contribution in [-0.2, 0) is 9.47 Å². The van der Waals surface area contributed by atoms with Gasteiger partial charge in [-0.3, -0.25) is 4.79 Å². The molecule has 0 fully saturated rings. The van der Waals surface area contributed by atoms with Crippen LogP contribution >= 0.6 is 0 Å². The molecule has 0 aliphatic heterocycles. The predicted octanol–water partition coefficient (Wildman–Crippen LogP) is 3.42. The molecule has 0 aliphatic rings. The fraction of sp³-hybridized carbons (Fsp3) is 0.556. The summed E-state index contributed by atoms with van der Waals surface area (Å²) >= 11 is 0. The van der Waals surface area contributed by atoms with Crippen LogP contribution in [0.2, 0.25) is 0 Å². The molecule has 0 aliphatic carbocycles. The van der Waals surface area contributed by atoms with E-state index in [9.17, 15) is 9.59 Å². The van der Waals surface area contributed by atoms with E-state index in [1.807, 2.05) is 32.0 Å². The van der Waals surface area contributed by atoms with Crippen molar-refractivity contribution in [3.8, 4) is 0 Å². The van der Waals surface area contributed by atoms with Crippen molar-refractivity contribution in [1.29, 1.82) is 0 Å². The number of rotatable bonds is 6. The van der Waals surface area contributed by atoms with Crippen molar-refractivity contribution >= 4 is 11.9 Å². The lowest BCUT2D eigenvalue weighted by Gasteiger charge is -2.23. The third-order valence-corrected chi connectivity index (χ3v) is 3.06. The lowest BCUT2D eigenvalue weighted by molar-refractivity contribution is 0.0464. The van der Waals surface area contributed by atoms with Crippen LogP contribution in [0.4, 0.5) is 4.79 Å². The second-order valence-corrected chi connectivity index (χ2v) is 6.80. The maximum atomic E-state index is 12.5. The highest BCUT2D eigenvalue weighted by atomic mass is 16.6. The number of hydrogen-bond donors (Lipinski definition) is 1. The van der Waals surface area contributed by atoms with Gasteiger partial charge in [0.2, 0.25) is 0 Å². The zero-order valence-corrected chi connectivity index (χ0v) is 14.9. The second-order valence-electron chi connectivity index (χ2n) is 6.80. The molecule has 0 aromatic heterocycles. The third-order valence-electron chi connectivity index (χ3n) is 3.06. The molecule has 1 unspecified atom stereocenters. The van der Waals surface area contributed by atoms with E-state index in [1.54, 1.807) is 20.8 Å². The van der Waals surface area contributed by atoms with E-state index in [0.717, 1.165) is 11.1 Å². The highest BCUT2D eigenvalue weighted by molar-refractivity contribution is 5.97. The summed E-state index contributed by atoms with van der Waals surface area (Å²) < 4.78 is 10.3. The van der Waals surface area contributed by atoms with E-state index >= 15 is 0 Å². The summed E-state index contributed by atoms with van der Waals surface area (Å²) in [6, 6.07) is 5.30. The van der Waals surface area contributed by atoms with E-state index in [4.69, 9.17) is 9.47 Å². The van der Waals surface area contributed by atoms with E-state index in [2.05, 4.69) is 5.32 Å². The molecule has 0 spiro atoms. The molecule has 0 radical (unpaired) electrons. The first-order chi connectivity index (χ1) is 10.6. The van der Waals surface area contributed by atoms with Gasteiger partial charge in [-0.15, -0.1) is 0 Å². The lowest BCUT2D eigenvalue weighted by atomic mass is 10.00. The Balaban J connectivity index is 2.74. The summed E-state index contributed by atoms with van der Waals surface area (Å²) in [4.78, 5) is 24.3. The van der Waals surface area contributed by atoms with Crippen molar-refractivity contribution in [3.05, 3.63) is 34.9 Å². The molecule has 1 rings (SSSR count). The normalized spacial score (nSPS) is 12.6. The molecule has 5 heteroatoms. The molecule has 1 N–H and O–H groups in total. The highest BCUT2D eigenvalue weighted by Crippen LogP contribution is 2.13. The van der Waals surface area contributed by atoms with Gasteiger partial charge in [0.25, 0.3) is 0 Å². The van der Waals surface area contributed by atoms with E-state index in [1.165, 1.54) is 7.11 Å². The van der Waals surface area contributed by atoms with Crippen molar-refractivity contribution < 1.29 is 19.1 Å². The monoisotopic (exact) mass is 321 g/mol. The maximum Gasteiger partial charge on any atom is 0.407 e. The molecule has 0 heterocycles. The largest absolute Gasteiger partial charge is 0.444 e. The number of aryl methyl sites for hydroxylation is 2. The van der Waals surface area contributed by atoms with Gasteiger partial charge in [-0.25, -0.2) is 4.79 Å². The van der Waals surface area contributed by atoms with Gasteiger partial charge in [-0.2, -0.15) is 0 Å². The van der Waals surface area contributed by atoms with Crippen LogP contribution in [0.3, 0.4) is 0 Å². The molecule has 1 aromatic rings. The number of amides is 1. The second kappa shape index (κ2) is 8.11. The molecular weight excluding hydrogens is 294 g/mol. The smallest absolute Gasteiger partial charge is 0.407 e. The molecule has 1 amide bonds. The lowest BCUT2D eigenvalue weighted by Crippen LogP contribution is -2.42. The van der Waals surface area contributed by atoms with Crippen molar-refractivity contribution in [2.24, 2.45) is 0 Å². The summed E-state index contributed by atoms with van der Waals surface area (Å²) in [7, 11) is 1.53. The van der Waals surface area contributed by atoms with Gasteiger partial charge in [0.05, 0.1) is 12.6 Å². The van der Waals surface area contributed by atoms with Crippen molar-refractivity contribution in [2.75, 3.05) is 13.7 Å². The van der Waals surface area contributed by atoms with Gasteiger partial charge in [-0.05, 0) is 46.8 Å². The topological polar surface area (TPSA) is 64.6 Å². The minimum atomic E-state index is -0.584. The SMILES string of the molecule is COCC(CC(=O)c1cc(C)cc(C)c1)NC(=O)OC(C)(C)C. The Morgan fingerprint density at radius 3 is 2.17 bits per heavy atom. The molecule has 23 heavy (non-hydrogen) atoms. The number of alkyl carbamates (subject to hydrolysis) is 1. The van der Waals surface area contributed by atoms with Crippen molar-refractivity contribution in [3.63, 3.8) is 0 Å². The van der Waals surface area contributed by atoms with Crippen LogP contribution in [0, 0.1) is 13.8 Å². The fourth-order valence-corrected chi connectivity index (χ4v) is 2.30. The number of carbonyl (C=O) groups is 2. The maximum absolute atomic E-state index is 12.5. The standard InChI is InChI=1S/C18H27NO4/c1-12-7-13(2)9-14(8-12)16(20)10-15(11-22-6)19-17(21)23-18(3,4)5/h7-9,15H,10-11H2,1-6H3,(H,19,21). The predicted molar refractivity (Wildman–Crippen MR) is 89.9 cm³/mol. The number of nitrogens with one attached hydrogen (secondary N) is 1. The Morgan fingerprint density at radius 1 is 1.13 bits per heavy atom. The van der Waals surface area contributed by atoms with Gasteiger partial charge in [-0.1, -0.05) is 17.2 Å². The van der Waals surface area contributed by atoms with Gasteiger partial charge < -0.3 is 14.8 Å². The Bertz CT molecular complexity index is 540. The van der Waals surface area contributed by atoms with E-state index in [-0.39, 0.29) is 18.8 Å². The van der Waals surface area contributed by atoms with Gasteiger partial charge in [0.15, 0.2) is 5.78 Å². The van der Waals surface area contributed by atoms with Crippen LogP contribution < -0.4 is 5.32 Å². The molecule has 128 valence electrons. The van der Waals surface area contributed by atoms with Gasteiger partial charge in [0.1, 0.15) is 5.60 Å². The van der Waals surface area contributed by atoms with E-state index < -0.39 is 17.7 Å². The van der Waals surface area contributed by atoms with Gasteiger partial charge >= 0.3 is 6.09 Å². The first-order valence-corrected chi connectivity index (χ1v) is 7.70. The Morgan fingerprint density at radius 2 is 1.70 bits per heavy atom. The first kappa shape index (κ1) is 19.2. The quantitative estimate of drug-likeness (QED) is 0.815. The summed E-state index contributed by atoms with van der Waals surface area (Å²) in [6.07, 6.45) is -0.386. The summed E-state index contributed by atoms with van der Waals surface area (Å²) in [5, 5.41) is 2.70. The molecule has 0 saturated heterocycles. The number of hydrogen-bond acceptors (Lipinski definition) is 4. The fourth-order valence-electron chi connectivity index (χ4n) is 2.30. The zero-order valence-electron chi connectivity index (χ0n) is 14.9. The number of Topliss-reactive ketones (excluding diaryl/α,β-unsaturated/α-hetero) is 1. The minimum absolute atomic E-state index is 0.0325. The first-order valence-electron chi connectivity index (χ1n) is 7.70.